The second kappa shape index (κ2) is 7.59. The van der Waals surface area contributed by atoms with Crippen molar-refractivity contribution in [1.29, 1.82) is 0 Å². The molecule has 2 aromatic rings. The van der Waals surface area contributed by atoms with E-state index in [9.17, 15) is 13.6 Å². The molecule has 7 heteroatoms. The van der Waals surface area contributed by atoms with Crippen LogP contribution in [0.3, 0.4) is 0 Å². The molecule has 0 aromatic heterocycles. The first-order valence-corrected chi connectivity index (χ1v) is 8.13. The summed E-state index contributed by atoms with van der Waals surface area (Å²) >= 11 is 0. The SMILES string of the molecule is COc1ccc2c(c1)OCC(CNC(=O)c1c(OC)ccc(F)c1F)C2. The van der Waals surface area contributed by atoms with E-state index in [4.69, 9.17) is 14.2 Å². The van der Waals surface area contributed by atoms with Gasteiger partial charge in [0, 0.05) is 18.5 Å². The average molecular weight is 363 g/mol. The van der Waals surface area contributed by atoms with Gasteiger partial charge in [-0.25, -0.2) is 8.78 Å². The topological polar surface area (TPSA) is 56.8 Å². The van der Waals surface area contributed by atoms with Crippen molar-refractivity contribution in [2.24, 2.45) is 5.92 Å². The predicted octanol–water partition coefficient (Wildman–Crippen LogP) is 2.96. The van der Waals surface area contributed by atoms with Gasteiger partial charge in [-0.3, -0.25) is 4.79 Å². The number of benzene rings is 2. The van der Waals surface area contributed by atoms with Crippen molar-refractivity contribution >= 4 is 5.91 Å². The molecule has 1 N–H and O–H groups in total. The molecule has 0 saturated carbocycles. The number of carbonyl (C=O) groups is 1. The molecule has 0 aliphatic carbocycles. The standard InChI is InChI=1S/C19H19F2NO4/c1-24-13-4-3-12-7-11(10-26-16(12)8-13)9-22-19(23)17-15(25-2)6-5-14(20)18(17)21/h3-6,8,11H,7,9-10H2,1-2H3,(H,22,23). The van der Waals surface area contributed by atoms with E-state index in [2.05, 4.69) is 5.32 Å². The van der Waals surface area contributed by atoms with Gasteiger partial charge >= 0.3 is 0 Å². The van der Waals surface area contributed by atoms with E-state index in [1.54, 1.807) is 7.11 Å². The van der Waals surface area contributed by atoms with Gasteiger partial charge in [0.1, 0.15) is 22.8 Å². The molecule has 1 unspecified atom stereocenters. The van der Waals surface area contributed by atoms with E-state index >= 15 is 0 Å². The number of methoxy groups -OCH3 is 2. The minimum absolute atomic E-state index is 0.0151. The average Bonchev–Trinajstić information content (AvgIpc) is 2.67. The molecule has 1 aliphatic rings. The summed E-state index contributed by atoms with van der Waals surface area (Å²) < 4.78 is 43.3. The zero-order valence-electron chi connectivity index (χ0n) is 14.5. The van der Waals surface area contributed by atoms with Crippen molar-refractivity contribution < 1.29 is 27.8 Å². The Labute approximate surface area is 149 Å². The number of fused-ring (bicyclic) bond motifs is 1. The summed E-state index contributed by atoms with van der Waals surface area (Å²) in [7, 11) is 2.88. The number of halogens is 2. The van der Waals surface area contributed by atoms with Crippen LogP contribution in [0, 0.1) is 17.6 Å². The summed E-state index contributed by atoms with van der Waals surface area (Å²) in [5.41, 5.74) is 0.570. The molecule has 2 aromatic carbocycles. The van der Waals surface area contributed by atoms with Crippen molar-refractivity contribution in [2.45, 2.75) is 6.42 Å². The third-order valence-electron chi connectivity index (χ3n) is 4.31. The highest BCUT2D eigenvalue weighted by atomic mass is 19.2. The Kier molecular flexibility index (Phi) is 5.25. The predicted molar refractivity (Wildman–Crippen MR) is 90.9 cm³/mol. The van der Waals surface area contributed by atoms with Gasteiger partial charge in [-0.2, -0.15) is 0 Å². The molecule has 1 heterocycles. The maximum Gasteiger partial charge on any atom is 0.258 e. The molecule has 138 valence electrons. The molecule has 3 rings (SSSR count). The van der Waals surface area contributed by atoms with Crippen LogP contribution in [0.2, 0.25) is 0 Å². The van der Waals surface area contributed by atoms with Crippen molar-refractivity contribution in [3.8, 4) is 17.2 Å². The van der Waals surface area contributed by atoms with E-state index in [1.807, 2.05) is 18.2 Å². The number of hydrogen-bond acceptors (Lipinski definition) is 4. The summed E-state index contributed by atoms with van der Waals surface area (Å²) in [6, 6.07) is 7.72. The van der Waals surface area contributed by atoms with Crippen molar-refractivity contribution in [3.63, 3.8) is 0 Å². The normalized spacial score (nSPS) is 15.6. The first-order valence-electron chi connectivity index (χ1n) is 8.13. The molecule has 26 heavy (non-hydrogen) atoms. The molecule has 0 bridgehead atoms. The lowest BCUT2D eigenvalue weighted by molar-refractivity contribution is 0.0930. The molecule has 0 fully saturated rings. The second-order valence-electron chi connectivity index (χ2n) is 6.00. The number of amides is 1. The third-order valence-corrected chi connectivity index (χ3v) is 4.31. The summed E-state index contributed by atoms with van der Waals surface area (Å²) in [5.74, 6) is -1.58. The van der Waals surface area contributed by atoms with Crippen molar-refractivity contribution in [1.82, 2.24) is 5.32 Å². The first-order chi connectivity index (χ1) is 12.5. The largest absolute Gasteiger partial charge is 0.497 e. The number of rotatable bonds is 5. The highest BCUT2D eigenvalue weighted by molar-refractivity contribution is 5.97. The van der Waals surface area contributed by atoms with Gasteiger partial charge in [-0.15, -0.1) is 0 Å². The Morgan fingerprint density at radius 2 is 2.04 bits per heavy atom. The van der Waals surface area contributed by atoms with Gasteiger partial charge in [-0.05, 0) is 30.2 Å². The van der Waals surface area contributed by atoms with Gasteiger partial charge in [-0.1, -0.05) is 6.07 Å². The van der Waals surface area contributed by atoms with Crippen LogP contribution in [0.4, 0.5) is 8.78 Å². The molecular weight excluding hydrogens is 344 g/mol. The summed E-state index contributed by atoms with van der Waals surface area (Å²) in [6.07, 6.45) is 0.697. The highest BCUT2D eigenvalue weighted by Crippen LogP contribution is 2.31. The minimum Gasteiger partial charge on any atom is -0.497 e. The van der Waals surface area contributed by atoms with Crippen LogP contribution in [-0.4, -0.2) is 33.3 Å². The smallest absolute Gasteiger partial charge is 0.258 e. The lowest BCUT2D eigenvalue weighted by Gasteiger charge is -2.26. The van der Waals surface area contributed by atoms with Crippen LogP contribution in [0.5, 0.6) is 17.2 Å². The fraction of sp³-hybridized carbons (Fsp3) is 0.316. The summed E-state index contributed by atoms with van der Waals surface area (Å²) in [6.45, 7) is 0.673. The lowest BCUT2D eigenvalue weighted by Crippen LogP contribution is -2.35. The van der Waals surface area contributed by atoms with E-state index < -0.39 is 23.1 Å². The number of ether oxygens (including phenoxy) is 3. The van der Waals surface area contributed by atoms with E-state index in [1.165, 1.54) is 13.2 Å². The molecule has 1 atom stereocenters. The van der Waals surface area contributed by atoms with Crippen LogP contribution < -0.4 is 19.5 Å². The zero-order valence-corrected chi connectivity index (χ0v) is 14.5. The lowest BCUT2D eigenvalue weighted by atomic mass is 9.96. The number of nitrogens with one attached hydrogen (secondary N) is 1. The first kappa shape index (κ1) is 18.0. The van der Waals surface area contributed by atoms with Crippen LogP contribution in [0.15, 0.2) is 30.3 Å². The molecule has 0 radical (unpaired) electrons. The highest BCUT2D eigenvalue weighted by Gasteiger charge is 2.24. The zero-order chi connectivity index (χ0) is 18.7. The molecule has 1 amide bonds. The minimum atomic E-state index is -1.22. The third kappa shape index (κ3) is 3.56. The van der Waals surface area contributed by atoms with Gasteiger partial charge < -0.3 is 19.5 Å². The maximum atomic E-state index is 14.0. The van der Waals surface area contributed by atoms with Gasteiger partial charge in [0.2, 0.25) is 0 Å². The van der Waals surface area contributed by atoms with Crippen LogP contribution in [0.1, 0.15) is 15.9 Å². The second-order valence-corrected chi connectivity index (χ2v) is 6.00. The van der Waals surface area contributed by atoms with Crippen LogP contribution >= 0.6 is 0 Å². The molecule has 0 saturated heterocycles. The fourth-order valence-corrected chi connectivity index (χ4v) is 2.91. The molecule has 0 spiro atoms. The Morgan fingerprint density at radius 1 is 1.23 bits per heavy atom. The van der Waals surface area contributed by atoms with Crippen LogP contribution in [-0.2, 0) is 6.42 Å². The summed E-state index contributed by atoms with van der Waals surface area (Å²) in [5, 5.41) is 2.63. The molecular formula is C19H19F2NO4. The molecule has 1 aliphatic heterocycles. The maximum absolute atomic E-state index is 14.0. The Hall–Kier alpha value is -2.83. The van der Waals surface area contributed by atoms with Gasteiger partial charge in [0.15, 0.2) is 11.6 Å². The van der Waals surface area contributed by atoms with E-state index in [0.29, 0.717) is 18.8 Å². The quantitative estimate of drug-likeness (QED) is 0.887. The van der Waals surface area contributed by atoms with Crippen LogP contribution in [0.25, 0.3) is 0 Å². The van der Waals surface area contributed by atoms with Crippen molar-refractivity contribution in [2.75, 3.05) is 27.4 Å². The number of hydrogen-bond donors (Lipinski definition) is 1. The Bertz CT molecular complexity index is 825. The summed E-state index contributed by atoms with van der Waals surface area (Å²) in [4.78, 5) is 12.3. The van der Waals surface area contributed by atoms with Crippen molar-refractivity contribution in [3.05, 3.63) is 53.1 Å². The number of carbonyl (C=O) groups excluding carboxylic acids is 1. The van der Waals surface area contributed by atoms with Gasteiger partial charge in [0.25, 0.3) is 5.91 Å². The van der Waals surface area contributed by atoms with E-state index in [0.717, 1.165) is 17.4 Å². The monoisotopic (exact) mass is 363 g/mol. The Morgan fingerprint density at radius 3 is 2.77 bits per heavy atom. The Balaban J connectivity index is 1.67. The van der Waals surface area contributed by atoms with Gasteiger partial charge in [0.05, 0.1) is 20.8 Å². The fourth-order valence-electron chi connectivity index (χ4n) is 2.91. The molecule has 5 nitrogen and oxygen atoms in total. The van der Waals surface area contributed by atoms with E-state index in [-0.39, 0.29) is 18.2 Å².